The standard InChI is InChI=1S/C26H28FN3O2/c1-13(2)24-23(16-11-26(5,12-16)25(31)32)19-9-21-18(15(4)28-29-21)10-22(19)30(24)17-6-7-20(27)14(3)8-17/h6-10,13,16H,11-12H2,1-5H3,(H,28,29)(H,31,32). The van der Waals surface area contributed by atoms with Gasteiger partial charge in [0, 0.05) is 22.2 Å². The van der Waals surface area contributed by atoms with E-state index in [1.807, 2.05) is 26.0 Å². The summed E-state index contributed by atoms with van der Waals surface area (Å²) < 4.78 is 16.3. The van der Waals surface area contributed by atoms with Crippen molar-refractivity contribution >= 4 is 27.8 Å². The lowest BCUT2D eigenvalue weighted by Gasteiger charge is -2.42. The molecular weight excluding hydrogens is 405 g/mol. The lowest BCUT2D eigenvalue weighted by Crippen LogP contribution is -2.40. The number of hydrogen-bond acceptors (Lipinski definition) is 2. The molecule has 6 heteroatoms. The molecule has 166 valence electrons. The quantitative estimate of drug-likeness (QED) is 0.394. The van der Waals surface area contributed by atoms with Crippen molar-refractivity contribution < 1.29 is 14.3 Å². The summed E-state index contributed by atoms with van der Waals surface area (Å²) in [5.41, 5.74) is 6.17. The summed E-state index contributed by atoms with van der Waals surface area (Å²) in [5, 5.41) is 19.4. The van der Waals surface area contributed by atoms with Gasteiger partial charge in [0.15, 0.2) is 0 Å². The van der Waals surface area contributed by atoms with Crippen LogP contribution in [-0.4, -0.2) is 25.8 Å². The van der Waals surface area contributed by atoms with Gasteiger partial charge in [0.1, 0.15) is 5.82 Å². The van der Waals surface area contributed by atoms with Crippen LogP contribution in [0.5, 0.6) is 0 Å². The zero-order valence-corrected chi connectivity index (χ0v) is 19.1. The molecule has 2 aromatic heterocycles. The van der Waals surface area contributed by atoms with Gasteiger partial charge < -0.3 is 9.67 Å². The van der Waals surface area contributed by atoms with Gasteiger partial charge >= 0.3 is 5.97 Å². The van der Waals surface area contributed by atoms with Crippen molar-refractivity contribution in [3.8, 4) is 5.69 Å². The Labute approximate surface area is 186 Å². The fourth-order valence-corrected chi connectivity index (χ4v) is 5.42. The smallest absolute Gasteiger partial charge is 0.309 e. The molecule has 5 nitrogen and oxygen atoms in total. The molecule has 0 amide bonds. The van der Waals surface area contributed by atoms with E-state index in [1.54, 1.807) is 6.92 Å². The molecule has 0 bridgehead atoms. The van der Waals surface area contributed by atoms with E-state index in [1.165, 1.54) is 17.3 Å². The molecule has 0 saturated heterocycles. The number of nitrogens with one attached hydrogen (secondary N) is 1. The Hall–Kier alpha value is -3.15. The van der Waals surface area contributed by atoms with E-state index in [4.69, 9.17) is 0 Å². The number of aromatic amines is 1. The molecule has 32 heavy (non-hydrogen) atoms. The maximum Gasteiger partial charge on any atom is 0.309 e. The molecule has 0 aliphatic heterocycles. The third kappa shape index (κ3) is 2.89. The number of carboxylic acids is 1. The summed E-state index contributed by atoms with van der Waals surface area (Å²) in [5.74, 6) is -0.581. The van der Waals surface area contributed by atoms with Crippen LogP contribution in [0, 0.1) is 25.1 Å². The lowest BCUT2D eigenvalue weighted by atomic mass is 9.60. The molecule has 0 unspecified atom stereocenters. The largest absolute Gasteiger partial charge is 0.481 e. The minimum atomic E-state index is -0.732. The fourth-order valence-electron chi connectivity index (χ4n) is 5.42. The van der Waals surface area contributed by atoms with Crippen LogP contribution in [0.25, 0.3) is 27.5 Å². The number of carbonyl (C=O) groups is 1. The van der Waals surface area contributed by atoms with E-state index in [0.717, 1.165) is 33.2 Å². The zero-order chi connectivity index (χ0) is 22.9. The van der Waals surface area contributed by atoms with Crippen molar-refractivity contribution in [2.45, 2.75) is 59.3 Å². The van der Waals surface area contributed by atoms with Crippen LogP contribution < -0.4 is 0 Å². The Kier molecular flexibility index (Phi) is 4.49. The van der Waals surface area contributed by atoms with Gasteiger partial charge in [0.2, 0.25) is 0 Å². The van der Waals surface area contributed by atoms with Gasteiger partial charge in [-0.1, -0.05) is 13.8 Å². The second-order valence-electron chi connectivity index (χ2n) is 9.92. The predicted octanol–water partition coefficient (Wildman–Crippen LogP) is 6.35. The Morgan fingerprint density at radius 2 is 1.94 bits per heavy atom. The van der Waals surface area contributed by atoms with Gasteiger partial charge in [0.05, 0.1) is 22.1 Å². The van der Waals surface area contributed by atoms with Gasteiger partial charge in [-0.3, -0.25) is 9.89 Å². The van der Waals surface area contributed by atoms with Crippen LogP contribution >= 0.6 is 0 Å². The first-order valence-corrected chi connectivity index (χ1v) is 11.1. The van der Waals surface area contributed by atoms with Crippen LogP contribution in [-0.2, 0) is 4.79 Å². The van der Waals surface area contributed by atoms with Crippen LogP contribution in [0.4, 0.5) is 4.39 Å². The Balaban J connectivity index is 1.84. The SMILES string of the molecule is Cc1cc(-n2c(C(C)C)c(C3CC(C)(C(=O)O)C3)c3cc4[nH]nc(C)c4cc32)ccc1F. The van der Waals surface area contributed by atoms with E-state index in [0.29, 0.717) is 18.4 Å². The summed E-state index contributed by atoms with van der Waals surface area (Å²) in [6, 6.07) is 9.54. The Morgan fingerprint density at radius 3 is 2.56 bits per heavy atom. The van der Waals surface area contributed by atoms with E-state index < -0.39 is 11.4 Å². The maximum atomic E-state index is 14.1. The molecule has 0 atom stereocenters. The van der Waals surface area contributed by atoms with Crippen molar-refractivity contribution in [1.82, 2.24) is 14.8 Å². The predicted molar refractivity (Wildman–Crippen MR) is 124 cm³/mol. The highest BCUT2D eigenvalue weighted by Crippen LogP contribution is 2.55. The highest BCUT2D eigenvalue weighted by molar-refractivity contribution is 6.00. The molecular formula is C26H28FN3O2. The first kappa shape index (κ1) is 20.7. The van der Waals surface area contributed by atoms with Gasteiger partial charge in [-0.05, 0) is 86.9 Å². The number of aromatic nitrogens is 3. The number of carboxylic acid groups (broad SMARTS) is 1. The molecule has 2 heterocycles. The number of nitrogens with zero attached hydrogens (tertiary/aromatic N) is 2. The third-order valence-corrected chi connectivity index (χ3v) is 7.18. The van der Waals surface area contributed by atoms with E-state index in [-0.39, 0.29) is 17.7 Å². The van der Waals surface area contributed by atoms with Crippen molar-refractivity contribution in [2.24, 2.45) is 5.41 Å². The van der Waals surface area contributed by atoms with Gasteiger partial charge in [-0.15, -0.1) is 0 Å². The van der Waals surface area contributed by atoms with Crippen molar-refractivity contribution in [3.05, 3.63) is 58.7 Å². The normalized spacial score (nSPS) is 20.9. The molecule has 5 rings (SSSR count). The average Bonchev–Trinajstić information content (AvgIpc) is 3.23. The van der Waals surface area contributed by atoms with Gasteiger partial charge in [0.25, 0.3) is 0 Å². The molecule has 1 aliphatic rings. The zero-order valence-electron chi connectivity index (χ0n) is 19.1. The average molecular weight is 434 g/mol. The molecule has 2 N–H and O–H groups in total. The molecule has 0 spiro atoms. The van der Waals surface area contributed by atoms with Crippen LogP contribution in [0.2, 0.25) is 0 Å². The van der Waals surface area contributed by atoms with Gasteiger partial charge in [-0.2, -0.15) is 5.10 Å². The third-order valence-electron chi connectivity index (χ3n) is 7.18. The monoisotopic (exact) mass is 433 g/mol. The number of aryl methyl sites for hydroxylation is 2. The number of fused-ring (bicyclic) bond motifs is 2. The maximum absolute atomic E-state index is 14.1. The van der Waals surface area contributed by atoms with Gasteiger partial charge in [-0.25, -0.2) is 4.39 Å². The van der Waals surface area contributed by atoms with E-state index in [2.05, 4.69) is 40.7 Å². The second kappa shape index (κ2) is 6.92. The molecule has 0 radical (unpaired) electrons. The van der Waals surface area contributed by atoms with Crippen molar-refractivity contribution in [2.75, 3.05) is 0 Å². The summed E-state index contributed by atoms with van der Waals surface area (Å²) in [7, 11) is 0. The second-order valence-corrected chi connectivity index (χ2v) is 9.92. The van der Waals surface area contributed by atoms with E-state index >= 15 is 0 Å². The molecule has 2 aromatic carbocycles. The topological polar surface area (TPSA) is 70.9 Å². The molecule has 1 saturated carbocycles. The number of halogens is 1. The summed E-state index contributed by atoms with van der Waals surface area (Å²) in [6.07, 6.45) is 1.23. The number of aliphatic carboxylic acids is 1. The minimum Gasteiger partial charge on any atom is -0.481 e. The molecule has 4 aromatic rings. The Bertz CT molecular complexity index is 1390. The summed E-state index contributed by atoms with van der Waals surface area (Å²) in [6.45, 7) is 9.92. The first-order chi connectivity index (χ1) is 15.1. The first-order valence-electron chi connectivity index (χ1n) is 11.1. The van der Waals surface area contributed by atoms with Crippen LogP contribution in [0.15, 0.2) is 30.3 Å². The number of hydrogen-bond donors (Lipinski definition) is 2. The number of rotatable bonds is 4. The van der Waals surface area contributed by atoms with E-state index in [9.17, 15) is 14.3 Å². The van der Waals surface area contributed by atoms with Crippen LogP contribution in [0.3, 0.4) is 0 Å². The summed E-state index contributed by atoms with van der Waals surface area (Å²) in [4.78, 5) is 11.8. The minimum absolute atomic E-state index is 0.167. The highest BCUT2D eigenvalue weighted by Gasteiger charge is 2.48. The van der Waals surface area contributed by atoms with Crippen LogP contribution in [0.1, 0.15) is 68.0 Å². The molecule has 1 fully saturated rings. The lowest BCUT2D eigenvalue weighted by molar-refractivity contribution is -0.154. The fraction of sp³-hybridized carbons (Fsp3) is 0.385. The number of benzene rings is 2. The highest BCUT2D eigenvalue weighted by atomic mass is 19.1. The summed E-state index contributed by atoms with van der Waals surface area (Å²) >= 11 is 0. The Morgan fingerprint density at radius 1 is 1.22 bits per heavy atom. The molecule has 1 aliphatic carbocycles. The van der Waals surface area contributed by atoms with Crippen molar-refractivity contribution in [3.63, 3.8) is 0 Å². The van der Waals surface area contributed by atoms with Crippen molar-refractivity contribution in [1.29, 1.82) is 0 Å². The number of H-pyrrole nitrogens is 1.